The van der Waals surface area contributed by atoms with Crippen LogP contribution < -0.4 is 0 Å². The number of hydrogen-bond acceptors (Lipinski definition) is 2. The molecule has 0 fully saturated rings. The Morgan fingerprint density at radius 1 is 1.38 bits per heavy atom. The molecule has 0 bridgehead atoms. The predicted octanol–water partition coefficient (Wildman–Crippen LogP) is 0.874. The molecule has 0 aromatic heterocycles. The van der Waals surface area contributed by atoms with Crippen LogP contribution in [0, 0.1) is 6.42 Å². The molecule has 0 heterocycles. The maximum Gasteiger partial charge on any atom is 0.0700 e. The molecule has 0 aliphatic heterocycles. The summed E-state index contributed by atoms with van der Waals surface area (Å²) in [5, 5.41) is 0. The van der Waals surface area contributed by atoms with Gasteiger partial charge in [-0.15, -0.1) is 0 Å². The second-order valence-corrected chi connectivity index (χ2v) is 1.48. The van der Waals surface area contributed by atoms with Crippen molar-refractivity contribution in [3.8, 4) is 0 Å². The summed E-state index contributed by atoms with van der Waals surface area (Å²) in [5.74, 6) is 0. The molecule has 0 amide bonds. The second-order valence-electron chi connectivity index (χ2n) is 1.48. The van der Waals surface area contributed by atoms with Crippen LogP contribution >= 0.6 is 0 Å². The summed E-state index contributed by atoms with van der Waals surface area (Å²) in [6.07, 6.45) is 1.97. The first-order valence-electron chi connectivity index (χ1n) is 2.76. The molecule has 49 valence electrons. The van der Waals surface area contributed by atoms with E-state index in [-0.39, 0.29) is 0 Å². The molecule has 0 aromatic rings. The van der Waals surface area contributed by atoms with Gasteiger partial charge in [-0.2, -0.15) is 0 Å². The average molecular weight is 117 g/mol. The zero-order valence-electron chi connectivity index (χ0n) is 5.52. The third kappa shape index (κ3) is 5.92. The molecule has 0 aromatic carbocycles. The number of methoxy groups -OCH3 is 1. The SMILES string of the molecule is C[CH]COCCOC. The van der Waals surface area contributed by atoms with Gasteiger partial charge in [0.25, 0.3) is 0 Å². The van der Waals surface area contributed by atoms with E-state index in [9.17, 15) is 0 Å². The monoisotopic (exact) mass is 117 g/mol. The van der Waals surface area contributed by atoms with Crippen LogP contribution in [-0.4, -0.2) is 26.9 Å². The summed E-state index contributed by atoms with van der Waals surface area (Å²) >= 11 is 0. The van der Waals surface area contributed by atoms with Crippen LogP contribution in [0.1, 0.15) is 6.92 Å². The van der Waals surface area contributed by atoms with Crippen molar-refractivity contribution in [1.29, 1.82) is 0 Å². The molecule has 0 N–H and O–H groups in total. The fourth-order valence-corrected chi connectivity index (χ4v) is 0.343. The highest BCUT2D eigenvalue weighted by Gasteiger charge is 1.81. The van der Waals surface area contributed by atoms with Crippen LogP contribution in [0.25, 0.3) is 0 Å². The molecule has 8 heavy (non-hydrogen) atoms. The first-order chi connectivity index (χ1) is 3.91. The Morgan fingerprint density at radius 3 is 2.62 bits per heavy atom. The van der Waals surface area contributed by atoms with Crippen LogP contribution in [0.3, 0.4) is 0 Å². The lowest BCUT2D eigenvalue weighted by atomic mass is 10.5. The largest absolute Gasteiger partial charge is 0.382 e. The first-order valence-corrected chi connectivity index (χ1v) is 2.76. The lowest BCUT2D eigenvalue weighted by molar-refractivity contribution is 0.0813. The van der Waals surface area contributed by atoms with Gasteiger partial charge in [-0.3, -0.25) is 0 Å². The number of rotatable bonds is 5. The lowest BCUT2D eigenvalue weighted by Crippen LogP contribution is -2.01. The molecule has 0 unspecified atom stereocenters. The third-order valence-corrected chi connectivity index (χ3v) is 0.716. The van der Waals surface area contributed by atoms with Crippen molar-refractivity contribution >= 4 is 0 Å². The molecular formula is C6H13O2. The highest BCUT2D eigenvalue weighted by Crippen LogP contribution is 1.77. The van der Waals surface area contributed by atoms with E-state index in [0.717, 1.165) is 6.61 Å². The summed E-state index contributed by atoms with van der Waals surface area (Å²) in [5.41, 5.74) is 0. The van der Waals surface area contributed by atoms with E-state index in [4.69, 9.17) is 9.47 Å². The summed E-state index contributed by atoms with van der Waals surface area (Å²) in [4.78, 5) is 0. The Morgan fingerprint density at radius 2 is 2.12 bits per heavy atom. The van der Waals surface area contributed by atoms with Crippen LogP contribution in [0.15, 0.2) is 0 Å². The number of ether oxygens (including phenoxy) is 2. The van der Waals surface area contributed by atoms with Crippen molar-refractivity contribution < 1.29 is 9.47 Å². The Bertz CT molecular complexity index is 31.5. The fraction of sp³-hybridized carbons (Fsp3) is 0.833. The molecule has 0 atom stereocenters. The van der Waals surface area contributed by atoms with E-state index in [1.54, 1.807) is 7.11 Å². The second kappa shape index (κ2) is 6.92. The van der Waals surface area contributed by atoms with Gasteiger partial charge in [0.05, 0.1) is 13.2 Å². The van der Waals surface area contributed by atoms with Gasteiger partial charge in [0, 0.05) is 13.7 Å². The molecule has 0 saturated heterocycles. The minimum Gasteiger partial charge on any atom is -0.382 e. The average Bonchev–Trinajstić information content (AvgIpc) is 1.81. The predicted molar refractivity (Wildman–Crippen MR) is 32.7 cm³/mol. The van der Waals surface area contributed by atoms with Crippen LogP contribution in [-0.2, 0) is 9.47 Å². The highest BCUT2D eigenvalue weighted by molar-refractivity contribution is 4.50. The van der Waals surface area contributed by atoms with E-state index < -0.39 is 0 Å². The van der Waals surface area contributed by atoms with Crippen molar-refractivity contribution in [3.63, 3.8) is 0 Å². The van der Waals surface area contributed by atoms with Crippen molar-refractivity contribution in [2.24, 2.45) is 0 Å². The molecule has 0 spiro atoms. The van der Waals surface area contributed by atoms with E-state index in [2.05, 4.69) is 0 Å². The van der Waals surface area contributed by atoms with Gasteiger partial charge < -0.3 is 9.47 Å². The van der Waals surface area contributed by atoms with Gasteiger partial charge >= 0.3 is 0 Å². The van der Waals surface area contributed by atoms with Gasteiger partial charge in [0.1, 0.15) is 0 Å². The van der Waals surface area contributed by atoms with Crippen molar-refractivity contribution in [3.05, 3.63) is 6.42 Å². The summed E-state index contributed by atoms with van der Waals surface area (Å²) in [6.45, 7) is 4.07. The van der Waals surface area contributed by atoms with Gasteiger partial charge in [0.2, 0.25) is 0 Å². The minimum atomic E-state index is 0.688. The molecule has 0 aliphatic rings. The lowest BCUT2D eigenvalue weighted by Gasteiger charge is -1.98. The normalized spacial score (nSPS) is 9.75. The van der Waals surface area contributed by atoms with Crippen LogP contribution in [0.2, 0.25) is 0 Å². The number of hydrogen-bond donors (Lipinski definition) is 0. The van der Waals surface area contributed by atoms with Crippen LogP contribution in [0.4, 0.5) is 0 Å². The molecule has 2 nitrogen and oxygen atoms in total. The van der Waals surface area contributed by atoms with E-state index in [1.807, 2.05) is 13.3 Å². The topological polar surface area (TPSA) is 18.5 Å². The first kappa shape index (κ1) is 7.92. The zero-order valence-corrected chi connectivity index (χ0v) is 5.52. The standard InChI is InChI=1S/C6H13O2/c1-3-4-8-6-5-7-2/h3H,4-6H2,1-2H3. The summed E-state index contributed by atoms with van der Waals surface area (Å²) in [7, 11) is 1.67. The molecular weight excluding hydrogens is 104 g/mol. The van der Waals surface area contributed by atoms with E-state index >= 15 is 0 Å². The minimum absolute atomic E-state index is 0.688. The van der Waals surface area contributed by atoms with Gasteiger partial charge in [-0.25, -0.2) is 0 Å². The smallest absolute Gasteiger partial charge is 0.0700 e. The van der Waals surface area contributed by atoms with Crippen molar-refractivity contribution in [2.45, 2.75) is 6.92 Å². The Balaban J connectivity index is 2.53. The van der Waals surface area contributed by atoms with E-state index in [0.29, 0.717) is 13.2 Å². The van der Waals surface area contributed by atoms with Gasteiger partial charge in [-0.1, -0.05) is 6.92 Å². The van der Waals surface area contributed by atoms with Gasteiger partial charge in [0.15, 0.2) is 0 Å². The van der Waals surface area contributed by atoms with Crippen LogP contribution in [0.5, 0.6) is 0 Å². The Labute approximate surface area is 50.8 Å². The Kier molecular flexibility index (Phi) is 6.85. The third-order valence-electron chi connectivity index (χ3n) is 0.716. The highest BCUT2D eigenvalue weighted by atomic mass is 16.5. The summed E-state index contributed by atoms with van der Waals surface area (Å²) in [6, 6.07) is 0. The Hall–Kier alpha value is -0.0800. The van der Waals surface area contributed by atoms with Gasteiger partial charge in [-0.05, 0) is 6.42 Å². The van der Waals surface area contributed by atoms with E-state index in [1.165, 1.54) is 0 Å². The summed E-state index contributed by atoms with van der Waals surface area (Å²) < 4.78 is 9.79. The zero-order chi connectivity index (χ0) is 6.24. The van der Waals surface area contributed by atoms with Crippen molar-refractivity contribution in [1.82, 2.24) is 0 Å². The fourth-order valence-electron chi connectivity index (χ4n) is 0.343. The van der Waals surface area contributed by atoms with Crippen molar-refractivity contribution in [2.75, 3.05) is 26.9 Å². The molecule has 0 rings (SSSR count). The maximum atomic E-state index is 5.04. The molecule has 0 aliphatic carbocycles. The molecule has 1 radical (unpaired) electrons. The maximum absolute atomic E-state index is 5.04. The molecule has 0 saturated carbocycles. The molecule has 2 heteroatoms. The quantitative estimate of drug-likeness (QED) is 0.497.